The summed E-state index contributed by atoms with van der Waals surface area (Å²) in [5, 5.41) is 12.1. The molecule has 0 spiro atoms. The number of carbonyl (C=O) groups excluding carboxylic acids is 1. The van der Waals surface area contributed by atoms with Gasteiger partial charge in [0, 0.05) is 44.1 Å². The van der Waals surface area contributed by atoms with Crippen molar-refractivity contribution in [2.24, 2.45) is 70.9 Å². The van der Waals surface area contributed by atoms with E-state index in [-0.39, 0.29) is 116 Å². The highest BCUT2D eigenvalue weighted by Crippen LogP contribution is 2.52. The Hall–Kier alpha value is -1.53. The average molecular weight is 1720 g/mol. The molecule has 5 aliphatic carbocycles. The zero-order valence-electron chi connectivity index (χ0n) is 77.2. The van der Waals surface area contributed by atoms with Gasteiger partial charge in [0.2, 0.25) is 0 Å². The molecule has 8 heterocycles. The van der Waals surface area contributed by atoms with Crippen LogP contribution in [0, 0.1) is 70.9 Å². The molecule has 3 N–H and O–H groups in total. The van der Waals surface area contributed by atoms with Crippen LogP contribution in [-0.4, -0.2) is 144 Å². The van der Waals surface area contributed by atoms with E-state index < -0.39 is 0 Å². The maximum absolute atomic E-state index is 11.7. The molecule has 734 valence electrons. The van der Waals surface area contributed by atoms with Crippen LogP contribution in [0.4, 0.5) is 4.79 Å². The Morgan fingerprint density at radius 2 is 0.681 bits per heavy atom. The van der Waals surface area contributed by atoms with E-state index in [2.05, 4.69) is 262 Å². The van der Waals surface area contributed by atoms with Gasteiger partial charge in [-0.3, -0.25) is 0 Å². The van der Waals surface area contributed by atoms with Crippen molar-refractivity contribution in [1.82, 2.24) is 35.6 Å². The molecule has 12 fully saturated rings. The first-order valence-corrected chi connectivity index (χ1v) is 44.6. The van der Waals surface area contributed by atoms with Crippen LogP contribution >= 0.6 is 11.3 Å². The summed E-state index contributed by atoms with van der Waals surface area (Å²) < 4.78 is 5.33. The number of carbonyl (C=O) groups is 1. The smallest absolute Gasteiger partial charge is 0.410 e. The number of likely N-dealkylation sites (tertiary alicyclic amines) is 4. The maximum atomic E-state index is 11.7. The SMILES string of the molecule is C.C.C.C.C.C.C.C.C.C.C.C.C.C.C=CC1CC1(C)C.CC(C)c1cccs1.CC1(C)CC1.CC1(C)CCC1.CC1(C)CCCC1.CC1(C)CCCCC1.CC1(C)CCCNC1.CC1(C)CCN(C(=O)OC(C)(C)C)CC1.CC1(C)CCNC1.CC1(C)CCNCC1.CN1CCC(C)(C)C1.CN1CCC(C)(C)CC1.CN1CCCC(C)(C)C1. The van der Waals surface area contributed by atoms with E-state index >= 15 is 0 Å². The van der Waals surface area contributed by atoms with Crippen LogP contribution in [0.25, 0.3) is 0 Å². The molecule has 1 unspecified atom stereocenters. The highest BCUT2D eigenvalue weighted by atomic mass is 32.1. The minimum absolute atomic E-state index is 0. The number of allylic oxidation sites excluding steroid dienone is 1. The minimum Gasteiger partial charge on any atom is -0.444 e. The van der Waals surface area contributed by atoms with Gasteiger partial charge < -0.3 is 40.3 Å². The normalized spacial score (nSPS) is 23.3. The van der Waals surface area contributed by atoms with E-state index in [1.54, 1.807) is 0 Å². The molecule has 7 aliphatic heterocycles. The van der Waals surface area contributed by atoms with Crippen LogP contribution < -0.4 is 16.0 Å². The first-order chi connectivity index (χ1) is 47.9. The summed E-state index contributed by atoms with van der Waals surface area (Å²) in [5.74, 6) is 1.52. The quantitative estimate of drug-likeness (QED) is 0.253. The summed E-state index contributed by atoms with van der Waals surface area (Å²) in [6.45, 7) is 86.3. The zero-order valence-corrected chi connectivity index (χ0v) is 78.0. The van der Waals surface area contributed by atoms with Crippen LogP contribution in [0.2, 0.25) is 0 Å². The number of ether oxygens (including phenoxy) is 1. The summed E-state index contributed by atoms with van der Waals surface area (Å²) >= 11 is 1.83. The Labute approximate surface area is 766 Å². The second kappa shape index (κ2) is 68.6. The summed E-state index contributed by atoms with van der Waals surface area (Å²) in [4.78, 5) is 22.2. The molecular formula is C109H245N7O2S. The zero-order chi connectivity index (χ0) is 80.5. The second-order valence-corrected chi connectivity index (χ2v) is 46.7. The molecular weight excluding hydrogens is 1470 g/mol. The van der Waals surface area contributed by atoms with Gasteiger partial charge in [-0.1, -0.05) is 335 Å². The van der Waals surface area contributed by atoms with Gasteiger partial charge in [-0.2, -0.15) is 0 Å². The molecule has 119 heavy (non-hydrogen) atoms. The van der Waals surface area contributed by atoms with Crippen molar-refractivity contribution in [2.45, 2.75) is 490 Å². The van der Waals surface area contributed by atoms with Crippen molar-refractivity contribution < 1.29 is 9.53 Å². The lowest BCUT2D eigenvalue weighted by molar-refractivity contribution is 0.0135. The lowest BCUT2D eigenvalue weighted by Crippen LogP contribution is -2.43. The van der Waals surface area contributed by atoms with Gasteiger partial charge in [0.25, 0.3) is 0 Å². The van der Waals surface area contributed by atoms with E-state index in [0.29, 0.717) is 60.1 Å². The van der Waals surface area contributed by atoms with Gasteiger partial charge in [0.05, 0.1) is 0 Å². The third kappa shape index (κ3) is 80.8. The Kier molecular flexibility index (Phi) is 85.8. The Morgan fingerprint density at radius 3 is 0.849 bits per heavy atom. The number of nitrogens with one attached hydrogen (secondary N) is 3. The molecule has 10 heteroatoms. The van der Waals surface area contributed by atoms with Crippen molar-refractivity contribution in [1.29, 1.82) is 0 Å². The highest BCUT2D eigenvalue weighted by Gasteiger charge is 2.43. The van der Waals surface area contributed by atoms with E-state index in [9.17, 15) is 4.79 Å². The van der Waals surface area contributed by atoms with Crippen molar-refractivity contribution in [3.8, 4) is 0 Å². The van der Waals surface area contributed by atoms with Crippen molar-refractivity contribution in [3.63, 3.8) is 0 Å². The summed E-state index contributed by atoms with van der Waals surface area (Å²) in [7, 11) is 6.60. The third-order valence-corrected chi connectivity index (χ3v) is 25.7. The fourth-order valence-corrected chi connectivity index (χ4v) is 15.4. The van der Waals surface area contributed by atoms with Crippen molar-refractivity contribution >= 4 is 17.4 Å². The molecule has 0 aromatic carbocycles. The molecule has 1 atom stereocenters. The van der Waals surface area contributed by atoms with Crippen LogP contribution in [0.1, 0.15) is 489 Å². The van der Waals surface area contributed by atoms with Crippen LogP contribution in [-0.2, 0) is 4.74 Å². The number of piperidine rings is 5. The third-order valence-electron chi connectivity index (χ3n) is 24.5. The van der Waals surface area contributed by atoms with Gasteiger partial charge in [0.1, 0.15) is 5.60 Å². The van der Waals surface area contributed by atoms with E-state index in [4.69, 9.17) is 4.74 Å². The van der Waals surface area contributed by atoms with E-state index in [0.717, 1.165) is 42.7 Å². The molecule has 7 saturated heterocycles. The van der Waals surface area contributed by atoms with Gasteiger partial charge in [0.15, 0.2) is 0 Å². The highest BCUT2D eigenvalue weighted by molar-refractivity contribution is 7.10. The van der Waals surface area contributed by atoms with Crippen LogP contribution in [0.3, 0.4) is 0 Å². The first kappa shape index (κ1) is 149. The van der Waals surface area contributed by atoms with Crippen molar-refractivity contribution in [2.75, 3.05) is 113 Å². The van der Waals surface area contributed by atoms with E-state index in [1.807, 2.05) is 37.0 Å². The molecule has 5 saturated carbocycles. The molecule has 1 aromatic heterocycles. The fraction of sp³-hybridized carbons (Fsp3) is 0.936. The molecule has 1 aromatic rings. The first-order valence-electron chi connectivity index (χ1n) is 43.7. The van der Waals surface area contributed by atoms with Crippen molar-refractivity contribution in [3.05, 3.63) is 35.0 Å². The predicted molar refractivity (Wildman–Crippen MR) is 565 cm³/mol. The lowest BCUT2D eigenvalue weighted by atomic mass is 9.72. The Balaban J connectivity index is -0.0000000834. The molecule has 12 aliphatic rings. The Bertz CT molecular complexity index is 2260. The number of nitrogens with zero attached hydrogens (tertiary/aromatic N) is 4. The largest absolute Gasteiger partial charge is 0.444 e. The standard InChI is InChI=1S/C12H23NO2.2C8H17N.C8H16.3C7H15N.C7H10S.C7H14.C7H12.C6H13N.C6H12.C5H10.14CH4/c1-11(2,3)15-10(14)13-8-6-12(4,5)7-9-13;1-8(2)4-6-9(3)7-5-8;1-8(2)5-4-6-9(3)7-8;1-8(2)6-4-3-5-7-8;1-7(2)4-5-8(3)6-7;1-7(2)3-5-8-6-4-7;1-7(2)4-3-5-8-6-7;1-6(2)7-4-3-5-8-7;1-7(2)5-3-4-6-7;1-4-6-5-7(6,2)3;1-6(2)3-4-7-5-6;1-6(2)4-3-5-6;1-5(2)3-4-5;;;;;;;;;;;;;;/h6-9H2,1-5H3;2*4-7H2,1-3H3;3-7H2,1-2H3;4-6H2,1-3H3;2*8H,3-6H2,1-2H3;3-6H,1-2H3;3-6H2,1-2H3;4,6H,1,5H2,2-3H3;7H,3-5H2,1-2H3;3-5H2,1-2H3;3-4H2,1-2H3;14*1H4. The number of amides is 1. The number of hydrogen-bond acceptors (Lipinski definition) is 9. The summed E-state index contributed by atoms with van der Waals surface area (Å²) in [5.41, 5.74) is 6.99. The predicted octanol–water partition coefficient (Wildman–Crippen LogP) is 35.2. The maximum Gasteiger partial charge on any atom is 0.410 e. The van der Waals surface area contributed by atoms with Gasteiger partial charge >= 0.3 is 6.09 Å². The summed E-state index contributed by atoms with van der Waals surface area (Å²) in [6, 6.07) is 4.27. The lowest BCUT2D eigenvalue weighted by Gasteiger charge is -2.37. The summed E-state index contributed by atoms with van der Waals surface area (Å²) in [6.07, 6.45) is 39.4. The fourth-order valence-electron chi connectivity index (χ4n) is 14.7. The molecule has 9 nitrogen and oxygen atoms in total. The molecule has 1 amide bonds. The van der Waals surface area contributed by atoms with Gasteiger partial charge in [-0.05, 0) is 317 Å². The number of rotatable bonds is 2. The molecule has 0 bridgehead atoms. The molecule has 13 rings (SSSR count). The topological polar surface area (TPSA) is 75.3 Å². The number of hydrogen-bond donors (Lipinski definition) is 3. The Morgan fingerprint density at radius 1 is 0.387 bits per heavy atom. The van der Waals surface area contributed by atoms with Gasteiger partial charge in [-0.25, -0.2) is 4.79 Å². The minimum atomic E-state index is -0.385. The monoisotopic (exact) mass is 1720 g/mol. The number of thiophene rings is 1. The van der Waals surface area contributed by atoms with E-state index in [1.165, 1.54) is 244 Å². The second-order valence-electron chi connectivity index (χ2n) is 45.7. The van der Waals surface area contributed by atoms with Crippen LogP contribution in [0.5, 0.6) is 0 Å². The van der Waals surface area contributed by atoms with Crippen LogP contribution in [0.15, 0.2) is 30.2 Å². The molecule has 0 radical (unpaired) electrons. The van der Waals surface area contributed by atoms with Gasteiger partial charge in [-0.15, -0.1) is 17.9 Å². The average Bonchev–Trinajstić information content (AvgIpc) is 1.65.